The third-order valence-electron chi connectivity index (χ3n) is 6.15. The zero-order valence-corrected chi connectivity index (χ0v) is 21.6. The highest BCUT2D eigenvalue weighted by atomic mass is 16.5. The van der Waals surface area contributed by atoms with Crippen LogP contribution in [0.2, 0.25) is 0 Å². The van der Waals surface area contributed by atoms with Gasteiger partial charge < -0.3 is 19.7 Å². The van der Waals surface area contributed by atoms with Crippen LogP contribution >= 0.6 is 0 Å². The Kier molecular flexibility index (Phi) is 9.96. The highest BCUT2D eigenvalue weighted by Gasteiger charge is 2.26. The number of hydrogen-bond acceptors (Lipinski definition) is 6. The van der Waals surface area contributed by atoms with E-state index in [1.165, 1.54) is 6.07 Å². The van der Waals surface area contributed by atoms with Gasteiger partial charge in [-0.05, 0) is 47.2 Å². The fraction of sp³-hybridized carbons (Fsp3) is 0.258. The maximum atomic E-state index is 13.6. The lowest BCUT2D eigenvalue weighted by molar-refractivity contribution is -0.116. The first-order chi connectivity index (χ1) is 18.2. The molecule has 0 saturated carbocycles. The third kappa shape index (κ3) is 6.95. The number of aliphatic hydroxyl groups is 1. The Morgan fingerprint density at radius 2 is 1.45 bits per heavy atom. The summed E-state index contributed by atoms with van der Waals surface area (Å²) in [5.74, 6) is -1.48. The van der Waals surface area contributed by atoms with Gasteiger partial charge in [0.25, 0.3) is 0 Å². The average molecular weight is 517 g/mol. The van der Waals surface area contributed by atoms with Crippen molar-refractivity contribution in [3.8, 4) is 16.9 Å². The first-order valence-corrected chi connectivity index (χ1v) is 12.4. The van der Waals surface area contributed by atoms with E-state index >= 15 is 0 Å². The number of esters is 1. The van der Waals surface area contributed by atoms with Crippen molar-refractivity contribution in [1.82, 2.24) is 0 Å². The van der Waals surface area contributed by atoms with Gasteiger partial charge >= 0.3 is 11.9 Å². The number of aliphatic hydroxyl groups excluding tert-OH is 1. The van der Waals surface area contributed by atoms with E-state index in [2.05, 4.69) is 6.58 Å². The van der Waals surface area contributed by atoms with E-state index in [1.54, 1.807) is 66.7 Å². The van der Waals surface area contributed by atoms with Crippen LogP contribution in [-0.2, 0) is 9.53 Å². The van der Waals surface area contributed by atoms with Crippen molar-refractivity contribution in [2.75, 3.05) is 13.2 Å². The zero-order valence-electron chi connectivity index (χ0n) is 21.6. The molecule has 7 nitrogen and oxygen atoms in total. The van der Waals surface area contributed by atoms with Gasteiger partial charge in [0.15, 0.2) is 5.78 Å². The Hall–Kier alpha value is -4.23. The highest BCUT2D eigenvalue weighted by molar-refractivity contribution is 6.02. The minimum absolute atomic E-state index is 0.00939. The summed E-state index contributed by atoms with van der Waals surface area (Å²) in [6.45, 7) is 7.52. The van der Waals surface area contributed by atoms with Gasteiger partial charge in [-0.1, -0.05) is 75.0 Å². The van der Waals surface area contributed by atoms with E-state index < -0.39 is 18.0 Å². The van der Waals surface area contributed by atoms with Crippen LogP contribution in [0, 0.1) is 5.92 Å². The minimum atomic E-state index is -1.11. The largest absolute Gasteiger partial charge is 0.491 e. The molecule has 3 aromatic rings. The van der Waals surface area contributed by atoms with Crippen molar-refractivity contribution in [2.24, 2.45) is 5.92 Å². The molecule has 0 saturated heterocycles. The fourth-order valence-electron chi connectivity index (χ4n) is 4.05. The van der Waals surface area contributed by atoms with Gasteiger partial charge in [-0.3, -0.25) is 4.79 Å². The summed E-state index contributed by atoms with van der Waals surface area (Å²) >= 11 is 0. The van der Waals surface area contributed by atoms with Gasteiger partial charge in [-0.25, -0.2) is 9.59 Å². The molecule has 38 heavy (non-hydrogen) atoms. The zero-order chi connectivity index (χ0) is 27.7. The standard InChI is InChI=1S/C31H32O7/c1-20(2)21(3)27(33)16-17-29(26-14-8-9-15-28(26)37-19-18-32)38-31(36)25-13-7-5-11-23(25)22-10-4-6-12-24(22)30(34)35/h4-15,20,29,32H,3,16-19H2,1-2H3,(H,34,35)/t29-/m0/s1. The van der Waals surface area contributed by atoms with Gasteiger partial charge in [0, 0.05) is 12.0 Å². The number of carboxylic acid groups (broad SMARTS) is 1. The third-order valence-corrected chi connectivity index (χ3v) is 6.15. The number of benzene rings is 3. The molecular formula is C31H32O7. The summed E-state index contributed by atoms with van der Waals surface area (Å²) in [7, 11) is 0. The number of para-hydroxylation sites is 1. The Bertz CT molecular complexity index is 1310. The lowest BCUT2D eigenvalue weighted by Crippen LogP contribution is -2.17. The number of rotatable bonds is 13. The molecule has 0 aliphatic rings. The van der Waals surface area contributed by atoms with E-state index in [0.29, 0.717) is 28.0 Å². The number of Topliss-reactive ketones (excluding diaryl/α,β-unsaturated/α-hetero) is 1. The lowest BCUT2D eigenvalue weighted by Gasteiger charge is -2.22. The van der Waals surface area contributed by atoms with Crippen LogP contribution in [-0.4, -0.2) is 41.1 Å². The molecule has 3 rings (SSSR count). The SMILES string of the molecule is C=C(C(=O)CC[C@H](OC(=O)c1ccccc1-c1ccccc1C(=O)O)c1ccccc1OCCO)C(C)C. The van der Waals surface area contributed by atoms with Crippen LogP contribution in [0.4, 0.5) is 0 Å². The number of aromatic carboxylic acids is 1. The second-order valence-electron chi connectivity index (χ2n) is 9.04. The van der Waals surface area contributed by atoms with Crippen molar-refractivity contribution in [3.63, 3.8) is 0 Å². The summed E-state index contributed by atoms with van der Waals surface area (Å²) in [5, 5.41) is 18.9. The van der Waals surface area contributed by atoms with Gasteiger partial charge in [0.2, 0.25) is 0 Å². The lowest BCUT2D eigenvalue weighted by atomic mass is 9.94. The van der Waals surface area contributed by atoms with Gasteiger partial charge in [-0.2, -0.15) is 0 Å². The van der Waals surface area contributed by atoms with Gasteiger partial charge in [-0.15, -0.1) is 0 Å². The molecule has 0 bridgehead atoms. The second-order valence-corrected chi connectivity index (χ2v) is 9.04. The van der Waals surface area contributed by atoms with Crippen molar-refractivity contribution in [2.45, 2.75) is 32.8 Å². The smallest absolute Gasteiger partial charge is 0.339 e. The topological polar surface area (TPSA) is 110 Å². The predicted octanol–water partition coefficient (Wildman–Crippen LogP) is 5.88. The normalized spacial score (nSPS) is 11.6. The first kappa shape index (κ1) is 28.3. The van der Waals surface area contributed by atoms with Gasteiger partial charge in [0.1, 0.15) is 18.5 Å². The number of ether oxygens (including phenoxy) is 2. The molecule has 0 aliphatic carbocycles. The molecule has 0 spiro atoms. The van der Waals surface area contributed by atoms with E-state index in [9.17, 15) is 24.6 Å². The minimum Gasteiger partial charge on any atom is -0.491 e. The number of hydrogen-bond donors (Lipinski definition) is 2. The first-order valence-electron chi connectivity index (χ1n) is 12.4. The molecule has 0 radical (unpaired) electrons. The molecule has 0 amide bonds. The van der Waals surface area contributed by atoms with Crippen LogP contribution in [0.15, 0.2) is 84.9 Å². The second kappa shape index (κ2) is 13.4. The number of carbonyl (C=O) groups excluding carboxylic acids is 2. The maximum absolute atomic E-state index is 13.6. The van der Waals surface area contributed by atoms with Crippen molar-refractivity contribution >= 4 is 17.7 Å². The molecule has 2 N–H and O–H groups in total. The number of ketones is 1. The number of carboxylic acids is 1. The Morgan fingerprint density at radius 1 is 0.868 bits per heavy atom. The summed E-state index contributed by atoms with van der Waals surface area (Å²) in [4.78, 5) is 38.1. The molecular weight excluding hydrogens is 484 g/mol. The van der Waals surface area contributed by atoms with Crippen LogP contribution < -0.4 is 4.74 Å². The highest BCUT2D eigenvalue weighted by Crippen LogP contribution is 2.34. The fourth-order valence-corrected chi connectivity index (χ4v) is 4.05. The van der Waals surface area contributed by atoms with Crippen molar-refractivity contribution in [3.05, 3.63) is 102 Å². The Labute approximate surface area is 222 Å². The average Bonchev–Trinajstić information content (AvgIpc) is 2.93. The molecule has 0 fully saturated rings. The van der Waals surface area contributed by atoms with Crippen LogP contribution in [0.1, 0.15) is 59.1 Å². The summed E-state index contributed by atoms with van der Waals surface area (Å²) in [5.41, 5.74) is 2.11. The molecule has 0 heterocycles. The summed E-state index contributed by atoms with van der Waals surface area (Å²) in [6.07, 6.45) is -0.555. The van der Waals surface area contributed by atoms with Crippen molar-refractivity contribution < 1.29 is 34.1 Å². The molecule has 7 heteroatoms. The molecule has 0 aromatic heterocycles. The summed E-state index contributed by atoms with van der Waals surface area (Å²) in [6, 6.07) is 20.1. The van der Waals surface area contributed by atoms with E-state index in [-0.39, 0.29) is 48.9 Å². The Morgan fingerprint density at radius 3 is 2.08 bits per heavy atom. The summed E-state index contributed by atoms with van der Waals surface area (Å²) < 4.78 is 11.7. The van der Waals surface area contributed by atoms with Crippen molar-refractivity contribution in [1.29, 1.82) is 0 Å². The van der Waals surface area contributed by atoms with Gasteiger partial charge in [0.05, 0.1) is 17.7 Å². The van der Waals surface area contributed by atoms with E-state index in [0.717, 1.165) is 0 Å². The molecule has 1 atom stereocenters. The van der Waals surface area contributed by atoms with E-state index in [4.69, 9.17) is 9.47 Å². The van der Waals surface area contributed by atoms with Crippen LogP contribution in [0.25, 0.3) is 11.1 Å². The monoisotopic (exact) mass is 516 g/mol. The molecule has 3 aromatic carbocycles. The number of carbonyl (C=O) groups is 3. The Balaban J connectivity index is 1.98. The molecule has 198 valence electrons. The van der Waals surface area contributed by atoms with Crippen LogP contribution in [0.5, 0.6) is 5.75 Å². The van der Waals surface area contributed by atoms with E-state index in [1.807, 2.05) is 13.8 Å². The number of allylic oxidation sites excluding steroid dienone is 1. The molecule has 0 unspecified atom stereocenters. The van der Waals surface area contributed by atoms with Crippen LogP contribution in [0.3, 0.4) is 0 Å². The predicted molar refractivity (Wildman–Crippen MR) is 144 cm³/mol. The quantitative estimate of drug-likeness (QED) is 0.216. The maximum Gasteiger partial charge on any atom is 0.339 e. The molecule has 0 aliphatic heterocycles.